The van der Waals surface area contributed by atoms with Gasteiger partial charge in [-0.1, -0.05) is 20.8 Å². The van der Waals surface area contributed by atoms with E-state index in [9.17, 15) is 39.0 Å². The highest BCUT2D eigenvalue weighted by Crippen LogP contribution is 2.46. The molecule has 0 saturated carbocycles. The van der Waals surface area contributed by atoms with Crippen LogP contribution in [-0.2, 0) is 23.5 Å². The minimum absolute atomic E-state index is 0.0207. The molecule has 0 bridgehead atoms. The molecule has 0 saturated heterocycles. The van der Waals surface area contributed by atoms with E-state index in [-0.39, 0.29) is 39.3 Å². The van der Waals surface area contributed by atoms with Gasteiger partial charge in [-0.2, -0.15) is 0 Å². The minimum Gasteiger partial charge on any atom is -0.504 e. The Hall–Kier alpha value is -5.28. The molecule has 1 aromatic heterocycles. The van der Waals surface area contributed by atoms with Crippen molar-refractivity contribution < 1.29 is 62.0 Å². The summed E-state index contributed by atoms with van der Waals surface area (Å²) in [5.74, 6) is -8.02. The Balaban J connectivity index is 1.86. The predicted octanol–water partition coefficient (Wildman–Crippen LogP) is 4.46. The molecule has 2 aromatic carbocycles. The molecule has 0 aliphatic heterocycles. The molecule has 1 unspecified atom stereocenters. The zero-order chi connectivity index (χ0) is 36.7. The fraction of sp³-hybridized carbons (Fsp3) is 0.353. The number of benzene rings is 2. The van der Waals surface area contributed by atoms with Crippen molar-refractivity contribution in [2.75, 3.05) is 28.4 Å². The van der Waals surface area contributed by atoms with Crippen molar-refractivity contribution >= 4 is 54.3 Å². The SMILES string of the molecule is COC(=O)c1cc2cc(C(CC(=O)C(=O)C3=Cc4c(OC)cc(OC)c(OC)c4C(=O)C3=O)O[Si](C)(C)C(C)(C)C)c(O)c(O)c2c(=O)o1. The van der Waals surface area contributed by atoms with Crippen molar-refractivity contribution in [1.29, 1.82) is 0 Å². The van der Waals surface area contributed by atoms with Crippen LogP contribution in [0, 0.1) is 0 Å². The number of phenolic OH excluding ortho intramolecular Hbond substituents is 2. The highest BCUT2D eigenvalue weighted by atomic mass is 28.4. The van der Waals surface area contributed by atoms with Gasteiger partial charge in [0, 0.05) is 23.6 Å². The molecule has 0 radical (unpaired) electrons. The van der Waals surface area contributed by atoms with E-state index in [4.69, 9.17) is 23.1 Å². The summed E-state index contributed by atoms with van der Waals surface area (Å²) in [6, 6.07) is 3.72. The molecular formula is C34H36O14Si. The topological polar surface area (TPSA) is 202 Å². The van der Waals surface area contributed by atoms with Crippen LogP contribution in [0.25, 0.3) is 16.8 Å². The van der Waals surface area contributed by atoms with E-state index in [0.717, 1.165) is 19.3 Å². The van der Waals surface area contributed by atoms with Gasteiger partial charge in [0.15, 0.2) is 31.3 Å². The molecule has 260 valence electrons. The summed E-state index contributed by atoms with van der Waals surface area (Å²) >= 11 is 0. The Morgan fingerprint density at radius 3 is 2.06 bits per heavy atom. The number of hydrogen-bond donors (Lipinski definition) is 2. The van der Waals surface area contributed by atoms with Crippen molar-refractivity contribution in [2.24, 2.45) is 0 Å². The zero-order valence-electron chi connectivity index (χ0n) is 28.4. The maximum Gasteiger partial charge on any atom is 0.374 e. The average Bonchev–Trinajstić information content (AvgIpc) is 3.04. The molecule has 2 N–H and O–H groups in total. The molecule has 1 heterocycles. The van der Waals surface area contributed by atoms with E-state index in [0.29, 0.717) is 0 Å². The second kappa shape index (κ2) is 13.3. The first-order chi connectivity index (χ1) is 22.8. The van der Waals surface area contributed by atoms with Gasteiger partial charge >= 0.3 is 11.6 Å². The largest absolute Gasteiger partial charge is 0.504 e. The van der Waals surface area contributed by atoms with Crippen LogP contribution in [0.2, 0.25) is 18.1 Å². The first-order valence-corrected chi connectivity index (χ1v) is 17.7. The van der Waals surface area contributed by atoms with Crippen LogP contribution in [0.4, 0.5) is 0 Å². The molecule has 1 aliphatic rings. The van der Waals surface area contributed by atoms with Gasteiger partial charge in [-0.05, 0) is 41.7 Å². The maximum absolute atomic E-state index is 13.7. The number of ether oxygens (including phenoxy) is 4. The molecule has 1 atom stereocenters. The van der Waals surface area contributed by atoms with Gasteiger partial charge in [-0.15, -0.1) is 0 Å². The van der Waals surface area contributed by atoms with Crippen LogP contribution in [0.3, 0.4) is 0 Å². The third-order valence-electron chi connectivity index (χ3n) is 8.73. The van der Waals surface area contributed by atoms with Gasteiger partial charge in [-0.3, -0.25) is 19.2 Å². The van der Waals surface area contributed by atoms with Crippen molar-refractivity contribution in [1.82, 2.24) is 0 Å². The summed E-state index contributed by atoms with van der Waals surface area (Å²) in [4.78, 5) is 78.9. The number of esters is 1. The van der Waals surface area contributed by atoms with E-state index in [1.165, 1.54) is 33.5 Å². The van der Waals surface area contributed by atoms with E-state index in [2.05, 4.69) is 4.74 Å². The lowest BCUT2D eigenvalue weighted by Crippen LogP contribution is -2.42. The first kappa shape index (κ1) is 36.6. The first-order valence-electron chi connectivity index (χ1n) is 14.8. The van der Waals surface area contributed by atoms with E-state index >= 15 is 0 Å². The van der Waals surface area contributed by atoms with Crippen molar-refractivity contribution in [3.05, 3.63) is 56.6 Å². The second-order valence-corrected chi connectivity index (χ2v) is 17.4. The molecule has 3 aromatic rings. The second-order valence-electron chi connectivity index (χ2n) is 12.7. The molecule has 0 spiro atoms. The number of carbonyl (C=O) groups is 5. The van der Waals surface area contributed by atoms with Gasteiger partial charge in [0.05, 0.1) is 45.7 Å². The molecule has 0 fully saturated rings. The number of carbonyl (C=O) groups excluding carboxylic acids is 5. The van der Waals surface area contributed by atoms with Crippen LogP contribution >= 0.6 is 0 Å². The zero-order valence-corrected chi connectivity index (χ0v) is 29.4. The number of Topliss-reactive ketones (excluding diaryl/α,β-unsaturated/α-hetero) is 4. The summed E-state index contributed by atoms with van der Waals surface area (Å²) in [5, 5.41) is 21.0. The van der Waals surface area contributed by atoms with Crippen molar-refractivity contribution in [2.45, 2.75) is 51.4 Å². The van der Waals surface area contributed by atoms with Crippen LogP contribution in [-0.4, -0.2) is 76.1 Å². The van der Waals surface area contributed by atoms with Crippen LogP contribution < -0.4 is 19.8 Å². The number of allylic oxidation sites excluding steroid dienone is 1. The summed E-state index contributed by atoms with van der Waals surface area (Å²) < 4.78 is 32.0. The standard InChI is InChI=1S/C34H36O14Si/c1-34(2,3)49(8,9)48-21(17-10-15-11-23(32(41)46-7)47-33(42)24(15)29(39)27(17)37)13-19(35)26(36)18-12-16-20(43-4)14-22(44-5)31(45-6)25(16)30(40)28(18)38/h10-12,14,21,37,39H,13H2,1-9H3. The minimum atomic E-state index is -2.84. The molecule has 1 aliphatic carbocycles. The number of rotatable bonds is 11. The number of methoxy groups -OCH3 is 4. The summed E-state index contributed by atoms with van der Waals surface area (Å²) in [6.07, 6.45) is -1.11. The highest BCUT2D eigenvalue weighted by Gasteiger charge is 2.43. The van der Waals surface area contributed by atoms with E-state index < -0.39 is 88.8 Å². The Labute approximate surface area is 281 Å². The highest BCUT2D eigenvalue weighted by molar-refractivity contribution is 6.74. The van der Waals surface area contributed by atoms with Gasteiger partial charge < -0.3 is 38.0 Å². The molecular weight excluding hydrogens is 660 g/mol. The number of aromatic hydroxyl groups is 2. The van der Waals surface area contributed by atoms with Crippen molar-refractivity contribution in [3.8, 4) is 28.7 Å². The molecule has 4 rings (SSSR count). The van der Waals surface area contributed by atoms with E-state index in [1.807, 2.05) is 33.9 Å². The Bertz CT molecular complexity index is 2010. The number of hydrogen-bond acceptors (Lipinski definition) is 14. The Kier molecular flexibility index (Phi) is 9.93. The lowest BCUT2D eigenvalue weighted by atomic mass is 9.85. The summed E-state index contributed by atoms with van der Waals surface area (Å²) in [6.45, 7) is 9.38. The van der Waals surface area contributed by atoms with E-state index in [1.54, 1.807) is 0 Å². The summed E-state index contributed by atoms with van der Waals surface area (Å²) in [5.41, 5.74) is -2.26. The number of ketones is 4. The fourth-order valence-corrected chi connectivity index (χ4v) is 6.37. The van der Waals surface area contributed by atoms with Crippen LogP contribution in [0.15, 0.2) is 33.0 Å². The third-order valence-corrected chi connectivity index (χ3v) is 13.2. The van der Waals surface area contributed by atoms with Crippen LogP contribution in [0.5, 0.6) is 28.7 Å². The van der Waals surface area contributed by atoms with Gasteiger partial charge in [-0.25, -0.2) is 9.59 Å². The smallest absolute Gasteiger partial charge is 0.374 e. The maximum atomic E-state index is 13.7. The van der Waals surface area contributed by atoms with Gasteiger partial charge in [0.1, 0.15) is 11.1 Å². The molecule has 49 heavy (non-hydrogen) atoms. The molecule has 0 amide bonds. The van der Waals surface area contributed by atoms with Crippen molar-refractivity contribution in [3.63, 3.8) is 0 Å². The molecule has 14 nitrogen and oxygen atoms in total. The average molecular weight is 697 g/mol. The lowest BCUT2D eigenvalue weighted by Gasteiger charge is -2.39. The fourth-order valence-electron chi connectivity index (χ4n) is 5.09. The van der Waals surface area contributed by atoms with Gasteiger partial charge in [0.25, 0.3) is 0 Å². The quantitative estimate of drug-likeness (QED) is 0.0935. The Morgan fingerprint density at radius 2 is 1.51 bits per heavy atom. The lowest BCUT2D eigenvalue weighted by molar-refractivity contribution is -0.136. The van der Waals surface area contributed by atoms with Crippen LogP contribution in [0.1, 0.15) is 65.3 Å². The monoisotopic (exact) mass is 696 g/mol. The Morgan fingerprint density at radius 1 is 0.878 bits per heavy atom. The third kappa shape index (κ3) is 6.46. The summed E-state index contributed by atoms with van der Waals surface area (Å²) in [7, 11) is 2.12. The van der Waals surface area contributed by atoms with Gasteiger partial charge in [0.2, 0.25) is 28.9 Å². The number of fused-ring (bicyclic) bond motifs is 2. The predicted molar refractivity (Wildman–Crippen MR) is 176 cm³/mol. The molecule has 15 heteroatoms. The number of phenols is 2. The normalized spacial score (nSPS) is 13.8.